The van der Waals surface area contributed by atoms with Crippen molar-refractivity contribution in [3.8, 4) is 0 Å². The zero-order chi connectivity index (χ0) is 14.4. The third-order valence-corrected chi connectivity index (χ3v) is 4.39. The average molecular weight is 291 g/mol. The predicted octanol–water partition coefficient (Wildman–Crippen LogP) is 1.57. The standard InChI is InChI=1S/C14H17N3O2S/c15-13-8-10-16-11-14(13)20(18,19)17-9-4-7-12-5-2-1-3-6-12/h1-3,5-6,8,10-11,17H,4,7,9H2,(H2,15,16). The van der Waals surface area contributed by atoms with Gasteiger partial charge in [0.2, 0.25) is 10.0 Å². The van der Waals surface area contributed by atoms with Gasteiger partial charge in [-0.05, 0) is 24.5 Å². The van der Waals surface area contributed by atoms with Crippen LogP contribution in [-0.4, -0.2) is 19.9 Å². The topological polar surface area (TPSA) is 85.1 Å². The zero-order valence-electron chi connectivity index (χ0n) is 11.0. The van der Waals surface area contributed by atoms with Crippen molar-refractivity contribution >= 4 is 15.7 Å². The highest BCUT2D eigenvalue weighted by molar-refractivity contribution is 7.89. The number of nitrogens with two attached hydrogens (primary N) is 1. The van der Waals surface area contributed by atoms with E-state index in [2.05, 4.69) is 9.71 Å². The molecule has 3 N–H and O–H groups in total. The summed E-state index contributed by atoms with van der Waals surface area (Å²) in [6.45, 7) is 0.367. The van der Waals surface area contributed by atoms with Crippen molar-refractivity contribution < 1.29 is 8.42 Å². The molecule has 2 aromatic rings. The number of nitrogens with zero attached hydrogens (tertiary/aromatic N) is 1. The monoisotopic (exact) mass is 291 g/mol. The van der Waals surface area contributed by atoms with E-state index in [9.17, 15) is 8.42 Å². The first-order valence-corrected chi connectivity index (χ1v) is 7.81. The molecule has 1 aromatic carbocycles. The highest BCUT2D eigenvalue weighted by Gasteiger charge is 2.16. The number of aromatic nitrogens is 1. The van der Waals surface area contributed by atoms with E-state index in [1.807, 2.05) is 30.3 Å². The highest BCUT2D eigenvalue weighted by atomic mass is 32.2. The maximum Gasteiger partial charge on any atom is 0.244 e. The molecule has 20 heavy (non-hydrogen) atoms. The second-order valence-corrected chi connectivity index (χ2v) is 6.14. The second-order valence-electron chi connectivity index (χ2n) is 4.40. The summed E-state index contributed by atoms with van der Waals surface area (Å²) in [5.74, 6) is 0. The molecule has 0 atom stereocenters. The first-order valence-electron chi connectivity index (χ1n) is 6.33. The number of anilines is 1. The van der Waals surface area contributed by atoms with Crippen molar-refractivity contribution in [2.24, 2.45) is 0 Å². The molecule has 5 nitrogen and oxygen atoms in total. The van der Waals surface area contributed by atoms with Crippen LogP contribution in [0.4, 0.5) is 5.69 Å². The molecule has 0 spiro atoms. The van der Waals surface area contributed by atoms with Gasteiger partial charge < -0.3 is 5.73 Å². The molecular weight excluding hydrogens is 274 g/mol. The predicted molar refractivity (Wildman–Crippen MR) is 78.6 cm³/mol. The van der Waals surface area contributed by atoms with E-state index in [4.69, 9.17) is 5.73 Å². The Bertz CT molecular complexity index is 657. The van der Waals surface area contributed by atoms with E-state index in [-0.39, 0.29) is 10.6 Å². The quantitative estimate of drug-likeness (QED) is 0.791. The van der Waals surface area contributed by atoms with Gasteiger partial charge in [0, 0.05) is 18.9 Å². The van der Waals surface area contributed by atoms with Crippen LogP contribution in [0.15, 0.2) is 53.7 Å². The van der Waals surface area contributed by atoms with Crippen LogP contribution in [0, 0.1) is 0 Å². The summed E-state index contributed by atoms with van der Waals surface area (Å²) >= 11 is 0. The number of nitrogen functional groups attached to an aromatic ring is 1. The van der Waals surface area contributed by atoms with Gasteiger partial charge in [-0.25, -0.2) is 13.1 Å². The lowest BCUT2D eigenvalue weighted by Crippen LogP contribution is -2.26. The van der Waals surface area contributed by atoms with E-state index in [0.29, 0.717) is 6.54 Å². The van der Waals surface area contributed by atoms with Gasteiger partial charge in [-0.3, -0.25) is 4.98 Å². The fourth-order valence-electron chi connectivity index (χ4n) is 1.84. The van der Waals surface area contributed by atoms with Crippen molar-refractivity contribution in [1.82, 2.24) is 9.71 Å². The Morgan fingerprint density at radius 1 is 1.15 bits per heavy atom. The average Bonchev–Trinajstić information content (AvgIpc) is 2.45. The fourth-order valence-corrected chi connectivity index (χ4v) is 2.98. The summed E-state index contributed by atoms with van der Waals surface area (Å²) in [6.07, 6.45) is 4.27. The molecule has 1 heterocycles. The fraction of sp³-hybridized carbons (Fsp3) is 0.214. The number of aryl methyl sites for hydroxylation is 1. The third kappa shape index (κ3) is 3.79. The Morgan fingerprint density at radius 3 is 2.60 bits per heavy atom. The summed E-state index contributed by atoms with van der Waals surface area (Å²) in [7, 11) is -3.58. The van der Waals surface area contributed by atoms with Crippen LogP contribution >= 0.6 is 0 Å². The SMILES string of the molecule is Nc1ccncc1S(=O)(=O)NCCCc1ccccc1. The van der Waals surface area contributed by atoms with Gasteiger partial charge in [-0.1, -0.05) is 30.3 Å². The highest BCUT2D eigenvalue weighted by Crippen LogP contribution is 2.15. The molecule has 0 saturated heterocycles. The minimum atomic E-state index is -3.58. The zero-order valence-corrected chi connectivity index (χ0v) is 11.8. The van der Waals surface area contributed by atoms with E-state index in [1.54, 1.807) is 0 Å². The van der Waals surface area contributed by atoms with Gasteiger partial charge in [0.25, 0.3) is 0 Å². The minimum Gasteiger partial charge on any atom is -0.398 e. The van der Waals surface area contributed by atoms with E-state index in [1.165, 1.54) is 24.0 Å². The molecule has 0 unspecified atom stereocenters. The van der Waals surface area contributed by atoms with Crippen molar-refractivity contribution in [1.29, 1.82) is 0 Å². The second kappa shape index (κ2) is 6.49. The number of rotatable bonds is 6. The van der Waals surface area contributed by atoms with Crippen LogP contribution in [0.5, 0.6) is 0 Å². The molecule has 0 radical (unpaired) electrons. The molecule has 6 heteroatoms. The Kier molecular flexibility index (Phi) is 4.70. The van der Waals surface area contributed by atoms with Crippen LogP contribution in [0.25, 0.3) is 0 Å². The van der Waals surface area contributed by atoms with E-state index in [0.717, 1.165) is 12.8 Å². The maximum atomic E-state index is 12.0. The van der Waals surface area contributed by atoms with E-state index < -0.39 is 10.0 Å². The summed E-state index contributed by atoms with van der Waals surface area (Å²) in [5, 5.41) is 0. The molecule has 0 aliphatic rings. The summed E-state index contributed by atoms with van der Waals surface area (Å²) in [6, 6.07) is 11.4. The van der Waals surface area contributed by atoms with Gasteiger partial charge in [0.15, 0.2) is 0 Å². The molecule has 106 valence electrons. The first kappa shape index (κ1) is 14.5. The summed E-state index contributed by atoms with van der Waals surface area (Å²) in [5.41, 5.74) is 7.03. The Hall–Kier alpha value is -1.92. The molecule has 0 aliphatic heterocycles. The minimum absolute atomic E-state index is 0.0275. The number of hydrogen-bond acceptors (Lipinski definition) is 4. The molecule has 0 fully saturated rings. The van der Waals surface area contributed by atoms with Crippen LogP contribution < -0.4 is 10.5 Å². The van der Waals surface area contributed by atoms with Gasteiger partial charge in [-0.2, -0.15) is 0 Å². The Labute approximate surface area is 118 Å². The lowest BCUT2D eigenvalue weighted by molar-refractivity contribution is 0.579. The normalized spacial score (nSPS) is 11.4. The number of nitrogens with one attached hydrogen (secondary N) is 1. The van der Waals surface area contributed by atoms with E-state index >= 15 is 0 Å². The van der Waals surface area contributed by atoms with Crippen molar-refractivity contribution in [2.45, 2.75) is 17.7 Å². The number of pyridine rings is 1. The molecule has 0 amide bonds. The lowest BCUT2D eigenvalue weighted by Gasteiger charge is -2.08. The number of benzene rings is 1. The molecule has 0 aliphatic carbocycles. The van der Waals surface area contributed by atoms with Gasteiger partial charge in [0.05, 0.1) is 5.69 Å². The number of hydrogen-bond donors (Lipinski definition) is 2. The van der Waals surface area contributed by atoms with Gasteiger partial charge in [0.1, 0.15) is 4.90 Å². The first-order chi connectivity index (χ1) is 9.59. The van der Waals surface area contributed by atoms with Crippen LogP contribution in [0.3, 0.4) is 0 Å². The van der Waals surface area contributed by atoms with Crippen LogP contribution in [0.2, 0.25) is 0 Å². The van der Waals surface area contributed by atoms with Crippen molar-refractivity contribution in [3.05, 3.63) is 54.4 Å². The molecular formula is C14H17N3O2S. The van der Waals surface area contributed by atoms with Crippen molar-refractivity contribution in [3.63, 3.8) is 0 Å². The molecule has 0 saturated carbocycles. The van der Waals surface area contributed by atoms with Crippen LogP contribution in [0.1, 0.15) is 12.0 Å². The van der Waals surface area contributed by atoms with Crippen LogP contribution in [-0.2, 0) is 16.4 Å². The molecule has 2 rings (SSSR count). The smallest absolute Gasteiger partial charge is 0.244 e. The van der Waals surface area contributed by atoms with Crippen molar-refractivity contribution in [2.75, 3.05) is 12.3 Å². The third-order valence-electron chi connectivity index (χ3n) is 2.88. The molecule has 1 aromatic heterocycles. The Balaban J connectivity index is 1.89. The largest absolute Gasteiger partial charge is 0.398 e. The summed E-state index contributed by atoms with van der Waals surface area (Å²) in [4.78, 5) is 3.82. The summed E-state index contributed by atoms with van der Waals surface area (Å²) < 4.78 is 26.6. The molecule has 0 bridgehead atoms. The Morgan fingerprint density at radius 2 is 1.90 bits per heavy atom. The number of sulfonamides is 1. The lowest BCUT2D eigenvalue weighted by atomic mass is 10.1. The maximum absolute atomic E-state index is 12.0. The van der Waals surface area contributed by atoms with Gasteiger partial charge in [-0.15, -0.1) is 0 Å². The van der Waals surface area contributed by atoms with Gasteiger partial charge >= 0.3 is 0 Å².